The second-order valence-electron chi connectivity index (χ2n) is 3.19. The van der Waals surface area contributed by atoms with Gasteiger partial charge in [0.05, 0.1) is 10.2 Å². The lowest BCUT2D eigenvalue weighted by atomic mass is 10.3. The highest BCUT2D eigenvalue weighted by Crippen LogP contribution is 2.18. The third-order valence-electron chi connectivity index (χ3n) is 1.93. The van der Waals surface area contributed by atoms with Crippen molar-refractivity contribution < 1.29 is 0 Å². The summed E-state index contributed by atoms with van der Waals surface area (Å²) in [5.41, 5.74) is 1.14. The molecule has 1 N–H and O–H groups in total. The molecule has 1 heterocycles. The van der Waals surface area contributed by atoms with E-state index in [0.717, 1.165) is 28.2 Å². The second kappa shape index (κ2) is 6.66. The zero-order chi connectivity index (χ0) is 11.3. The molecule has 1 aromatic rings. The van der Waals surface area contributed by atoms with Crippen molar-refractivity contribution in [2.24, 2.45) is 0 Å². The molecule has 0 aliphatic heterocycles. The lowest BCUT2D eigenvalue weighted by Gasteiger charge is -2.06. The van der Waals surface area contributed by atoms with Crippen molar-refractivity contribution in [3.8, 4) is 0 Å². The van der Waals surface area contributed by atoms with Gasteiger partial charge in [-0.15, -0.1) is 0 Å². The van der Waals surface area contributed by atoms with Crippen LogP contribution in [0.5, 0.6) is 0 Å². The Morgan fingerprint density at radius 2 is 2.20 bits per heavy atom. The number of halogens is 1. The molecule has 0 saturated heterocycles. The smallest absolute Gasteiger partial charge is 0.144 e. The van der Waals surface area contributed by atoms with Gasteiger partial charge in [0.25, 0.3) is 0 Å². The first-order valence-corrected chi connectivity index (χ1v) is 7.39. The summed E-state index contributed by atoms with van der Waals surface area (Å²) in [5, 5.41) is 0. The van der Waals surface area contributed by atoms with E-state index in [1.54, 1.807) is 0 Å². The van der Waals surface area contributed by atoms with Crippen LogP contribution in [0.1, 0.15) is 31.8 Å². The van der Waals surface area contributed by atoms with Crippen molar-refractivity contribution in [1.82, 2.24) is 9.97 Å². The molecule has 0 saturated carbocycles. The molecule has 0 fully saturated rings. The van der Waals surface area contributed by atoms with Gasteiger partial charge in [-0.3, -0.25) is 0 Å². The van der Waals surface area contributed by atoms with Crippen molar-refractivity contribution in [1.29, 1.82) is 0 Å². The topological polar surface area (TPSA) is 28.7 Å². The van der Waals surface area contributed by atoms with Crippen LogP contribution >= 0.6 is 39.9 Å². The maximum Gasteiger partial charge on any atom is 0.144 e. The van der Waals surface area contributed by atoms with Crippen LogP contribution in [0.3, 0.4) is 0 Å². The number of nitrogens with one attached hydrogen (secondary N) is 1. The molecular formula is C10H15BrN2S2. The number of nitrogens with zero attached hydrogens (tertiary/aromatic N) is 1. The first-order valence-electron chi connectivity index (χ1n) is 5.04. The maximum absolute atomic E-state index is 5.19. The minimum Gasteiger partial charge on any atom is -0.345 e. The summed E-state index contributed by atoms with van der Waals surface area (Å²) in [6, 6.07) is 0. The Bertz CT molecular complexity index is 376. The molecule has 1 rings (SSSR count). The Labute approximate surface area is 108 Å². The Balaban J connectivity index is 2.82. The highest BCUT2D eigenvalue weighted by atomic mass is 79.9. The third kappa shape index (κ3) is 3.89. The third-order valence-corrected chi connectivity index (χ3v) is 4.51. The molecule has 0 aliphatic rings. The van der Waals surface area contributed by atoms with Crippen molar-refractivity contribution in [2.75, 3.05) is 5.75 Å². The number of aryl methyl sites for hydroxylation is 1. The SMILES string of the molecule is CCCSCc1nc(=S)c(Br)c(CC)[nH]1. The molecule has 0 bridgehead atoms. The summed E-state index contributed by atoms with van der Waals surface area (Å²) in [5.74, 6) is 3.07. The van der Waals surface area contributed by atoms with Gasteiger partial charge in [0, 0.05) is 5.69 Å². The molecule has 0 aliphatic carbocycles. The first kappa shape index (κ1) is 13.2. The number of rotatable bonds is 5. The fourth-order valence-corrected chi connectivity index (χ4v) is 2.65. The first-order chi connectivity index (χ1) is 7.19. The highest BCUT2D eigenvalue weighted by Gasteiger charge is 2.04. The van der Waals surface area contributed by atoms with E-state index >= 15 is 0 Å². The number of hydrogen-bond acceptors (Lipinski definition) is 3. The highest BCUT2D eigenvalue weighted by molar-refractivity contribution is 9.10. The molecule has 0 radical (unpaired) electrons. The van der Waals surface area contributed by atoms with Gasteiger partial charge >= 0.3 is 0 Å². The lowest BCUT2D eigenvalue weighted by molar-refractivity contribution is 0.919. The van der Waals surface area contributed by atoms with Crippen LogP contribution in [-0.2, 0) is 12.2 Å². The van der Waals surface area contributed by atoms with E-state index in [0.29, 0.717) is 4.64 Å². The number of thioether (sulfide) groups is 1. The summed E-state index contributed by atoms with van der Waals surface area (Å²) in [6.07, 6.45) is 2.14. The Morgan fingerprint density at radius 1 is 1.47 bits per heavy atom. The summed E-state index contributed by atoms with van der Waals surface area (Å²) >= 11 is 10.5. The number of aromatic nitrogens is 2. The van der Waals surface area contributed by atoms with Crippen molar-refractivity contribution in [2.45, 2.75) is 32.4 Å². The van der Waals surface area contributed by atoms with Gasteiger partial charge in [-0.05, 0) is 34.5 Å². The molecule has 84 valence electrons. The van der Waals surface area contributed by atoms with Gasteiger partial charge in [-0.1, -0.05) is 26.1 Å². The van der Waals surface area contributed by atoms with Crippen LogP contribution in [0.25, 0.3) is 0 Å². The molecule has 5 heteroatoms. The van der Waals surface area contributed by atoms with Crippen molar-refractivity contribution in [3.05, 3.63) is 20.6 Å². The monoisotopic (exact) mass is 306 g/mol. The Hall–Kier alpha value is 0.130. The van der Waals surface area contributed by atoms with E-state index in [4.69, 9.17) is 12.2 Å². The molecule has 1 aromatic heterocycles. The van der Waals surface area contributed by atoms with E-state index in [1.165, 1.54) is 12.2 Å². The molecular weight excluding hydrogens is 292 g/mol. The number of aromatic amines is 1. The van der Waals surface area contributed by atoms with Gasteiger partial charge in [0.15, 0.2) is 0 Å². The summed E-state index contributed by atoms with van der Waals surface area (Å²) in [6.45, 7) is 4.29. The summed E-state index contributed by atoms with van der Waals surface area (Å²) in [7, 11) is 0. The van der Waals surface area contributed by atoms with E-state index in [9.17, 15) is 0 Å². The fraction of sp³-hybridized carbons (Fsp3) is 0.600. The van der Waals surface area contributed by atoms with Crippen LogP contribution < -0.4 is 0 Å². The zero-order valence-corrected chi connectivity index (χ0v) is 12.2. The van der Waals surface area contributed by atoms with Gasteiger partial charge in [0.1, 0.15) is 10.5 Å². The van der Waals surface area contributed by atoms with Crippen LogP contribution in [0, 0.1) is 4.64 Å². The van der Waals surface area contributed by atoms with Crippen LogP contribution in [0.15, 0.2) is 4.47 Å². The zero-order valence-electron chi connectivity index (χ0n) is 8.97. The van der Waals surface area contributed by atoms with Crippen LogP contribution in [0.4, 0.5) is 0 Å². The van der Waals surface area contributed by atoms with Gasteiger partial charge in [-0.2, -0.15) is 11.8 Å². The minimum absolute atomic E-state index is 0.665. The van der Waals surface area contributed by atoms with E-state index in [2.05, 4.69) is 39.7 Å². The van der Waals surface area contributed by atoms with Crippen molar-refractivity contribution >= 4 is 39.9 Å². The molecule has 0 spiro atoms. The van der Waals surface area contributed by atoms with Crippen molar-refractivity contribution in [3.63, 3.8) is 0 Å². The second-order valence-corrected chi connectivity index (χ2v) is 5.47. The molecule has 0 aromatic carbocycles. The van der Waals surface area contributed by atoms with Crippen LogP contribution in [-0.4, -0.2) is 15.7 Å². The standard InChI is InChI=1S/C10H15BrN2S2/c1-3-5-15-6-8-12-7(4-2)9(11)10(14)13-8/h3-6H2,1-2H3,(H,12,13,14). The van der Waals surface area contributed by atoms with E-state index in [-0.39, 0.29) is 0 Å². The molecule has 2 nitrogen and oxygen atoms in total. The van der Waals surface area contributed by atoms with E-state index in [1.807, 2.05) is 11.8 Å². The van der Waals surface area contributed by atoms with Crippen LogP contribution in [0.2, 0.25) is 0 Å². The Morgan fingerprint density at radius 3 is 2.80 bits per heavy atom. The normalized spacial score (nSPS) is 10.6. The van der Waals surface area contributed by atoms with Gasteiger partial charge < -0.3 is 4.98 Å². The predicted molar refractivity (Wildman–Crippen MR) is 73.0 cm³/mol. The predicted octanol–water partition coefficient (Wildman–Crippen LogP) is 4.11. The summed E-state index contributed by atoms with van der Waals surface area (Å²) in [4.78, 5) is 7.66. The molecule has 0 atom stereocenters. The Kier molecular flexibility index (Phi) is 5.86. The molecule has 0 amide bonds. The number of hydrogen-bond donors (Lipinski definition) is 1. The van der Waals surface area contributed by atoms with Gasteiger partial charge in [0.2, 0.25) is 0 Å². The van der Waals surface area contributed by atoms with E-state index < -0.39 is 0 Å². The van der Waals surface area contributed by atoms with Gasteiger partial charge in [-0.25, -0.2) is 4.98 Å². The molecule has 0 unspecified atom stereocenters. The maximum atomic E-state index is 5.19. The number of H-pyrrole nitrogens is 1. The largest absolute Gasteiger partial charge is 0.345 e. The average molecular weight is 307 g/mol. The summed E-state index contributed by atoms with van der Waals surface area (Å²) < 4.78 is 1.60. The average Bonchev–Trinajstić information content (AvgIpc) is 2.23. The fourth-order valence-electron chi connectivity index (χ4n) is 1.18. The molecule has 15 heavy (non-hydrogen) atoms. The minimum atomic E-state index is 0.665. The quantitative estimate of drug-likeness (QED) is 0.655. The lowest BCUT2D eigenvalue weighted by Crippen LogP contribution is -2.00.